The van der Waals surface area contributed by atoms with E-state index in [1.54, 1.807) is 22.2 Å². The van der Waals surface area contributed by atoms with Gasteiger partial charge in [-0.2, -0.15) is 0 Å². The van der Waals surface area contributed by atoms with Crippen LogP contribution in [0.25, 0.3) is 10.2 Å². The number of fused-ring (bicyclic) bond motifs is 3. The lowest BCUT2D eigenvalue weighted by Crippen LogP contribution is -2.22. The first-order valence-electron chi connectivity index (χ1n) is 5.96. The summed E-state index contributed by atoms with van der Waals surface area (Å²) in [6.07, 6.45) is 6.35. The van der Waals surface area contributed by atoms with Gasteiger partial charge >= 0.3 is 0 Å². The lowest BCUT2D eigenvalue weighted by atomic mass is 9.97. The van der Waals surface area contributed by atoms with E-state index >= 15 is 0 Å². The van der Waals surface area contributed by atoms with Gasteiger partial charge in [0.2, 0.25) is 0 Å². The average Bonchev–Trinajstić information content (AvgIpc) is 2.72. The third-order valence-electron chi connectivity index (χ3n) is 3.33. The molecule has 0 aliphatic heterocycles. The normalized spacial score (nSPS) is 15.1. The van der Waals surface area contributed by atoms with Gasteiger partial charge in [-0.25, -0.2) is 4.98 Å². The van der Waals surface area contributed by atoms with Crippen molar-refractivity contribution >= 4 is 21.6 Å². The zero-order valence-corrected chi connectivity index (χ0v) is 10.4. The van der Waals surface area contributed by atoms with Gasteiger partial charge < -0.3 is 9.67 Å². The molecule has 2 aromatic heterocycles. The van der Waals surface area contributed by atoms with Gasteiger partial charge in [-0.05, 0) is 31.2 Å². The highest BCUT2D eigenvalue weighted by Crippen LogP contribution is 2.33. The van der Waals surface area contributed by atoms with Gasteiger partial charge in [0.25, 0.3) is 0 Å². The summed E-state index contributed by atoms with van der Waals surface area (Å²) in [7, 11) is 0. The van der Waals surface area contributed by atoms with Crippen LogP contribution in [0.2, 0.25) is 0 Å². The molecule has 0 radical (unpaired) electrons. The molecule has 17 heavy (non-hydrogen) atoms. The van der Waals surface area contributed by atoms with Crippen LogP contribution >= 0.6 is 11.3 Å². The number of aromatic nitrogens is 2. The van der Waals surface area contributed by atoms with E-state index in [-0.39, 0.29) is 6.61 Å². The Morgan fingerprint density at radius 1 is 1.41 bits per heavy atom. The second kappa shape index (κ2) is 4.23. The summed E-state index contributed by atoms with van der Waals surface area (Å²) in [6.45, 7) is 0.502. The van der Waals surface area contributed by atoms with Crippen molar-refractivity contribution in [3.8, 4) is 0 Å². The van der Waals surface area contributed by atoms with Gasteiger partial charge in [0.05, 0.1) is 18.3 Å². The Kier molecular flexibility index (Phi) is 2.72. The molecule has 1 aliphatic carbocycles. The van der Waals surface area contributed by atoms with Gasteiger partial charge in [-0.3, -0.25) is 5.41 Å². The molecule has 2 N–H and O–H groups in total. The van der Waals surface area contributed by atoms with Crippen LogP contribution in [0.15, 0.2) is 6.33 Å². The number of nitrogens with zero attached hydrogens (tertiary/aromatic N) is 2. The van der Waals surface area contributed by atoms with E-state index in [4.69, 9.17) is 10.5 Å². The first kappa shape index (κ1) is 10.9. The monoisotopic (exact) mass is 249 g/mol. The molecule has 1 aliphatic rings. The Labute approximate surface area is 103 Å². The van der Waals surface area contributed by atoms with Gasteiger partial charge in [-0.15, -0.1) is 11.3 Å². The molecule has 0 aromatic carbocycles. The van der Waals surface area contributed by atoms with Gasteiger partial charge in [0.15, 0.2) is 0 Å². The summed E-state index contributed by atoms with van der Waals surface area (Å²) in [5.41, 5.74) is 1.84. The molecule has 0 bridgehead atoms. The molecule has 5 heteroatoms. The molecule has 0 amide bonds. The zero-order valence-electron chi connectivity index (χ0n) is 9.57. The maximum Gasteiger partial charge on any atom is 0.136 e. The van der Waals surface area contributed by atoms with Crippen LogP contribution in [0.3, 0.4) is 0 Å². The molecular weight excluding hydrogens is 234 g/mol. The van der Waals surface area contributed by atoms with Crippen molar-refractivity contribution < 1.29 is 5.11 Å². The minimum Gasteiger partial charge on any atom is -0.395 e. The van der Waals surface area contributed by atoms with Gasteiger partial charge in [0, 0.05) is 11.4 Å². The highest BCUT2D eigenvalue weighted by atomic mass is 32.1. The van der Waals surface area contributed by atoms with Crippen molar-refractivity contribution in [3.05, 3.63) is 22.3 Å². The second-order valence-corrected chi connectivity index (χ2v) is 5.48. The molecule has 3 rings (SSSR count). The highest BCUT2D eigenvalue weighted by Gasteiger charge is 2.18. The van der Waals surface area contributed by atoms with Gasteiger partial charge in [-0.1, -0.05) is 0 Å². The molecular formula is C12H15N3OS. The van der Waals surface area contributed by atoms with E-state index in [2.05, 4.69) is 4.98 Å². The molecule has 0 spiro atoms. The predicted octanol–water partition coefficient (Wildman–Crippen LogP) is 1.45. The minimum absolute atomic E-state index is 0.0516. The minimum atomic E-state index is 0.0516. The van der Waals surface area contributed by atoms with Crippen molar-refractivity contribution in [2.45, 2.75) is 32.2 Å². The summed E-state index contributed by atoms with van der Waals surface area (Å²) in [5, 5.41) is 18.2. The number of aliphatic hydroxyl groups is 1. The molecule has 90 valence electrons. The van der Waals surface area contributed by atoms with Crippen molar-refractivity contribution in [2.75, 3.05) is 6.61 Å². The SMILES string of the molecule is N=c1c2c3c(sc2ncn1CCO)CCCC3. The van der Waals surface area contributed by atoms with Crippen LogP contribution in [0.5, 0.6) is 0 Å². The molecule has 2 aromatic rings. The van der Waals surface area contributed by atoms with E-state index in [1.807, 2.05) is 0 Å². The predicted molar refractivity (Wildman–Crippen MR) is 67.2 cm³/mol. The average molecular weight is 249 g/mol. The summed E-state index contributed by atoms with van der Waals surface area (Å²) >= 11 is 1.73. The van der Waals surface area contributed by atoms with Crippen LogP contribution in [0.4, 0.5) is 0 Å². The van der Waals surface area contributed by atoms with Crippen LogP contribution in [0.1, 0.15) is 23.3 Å². The molecule has 4 nitrogen and oxygen atoms in total. The van der Waals surface area contributed by atoms with E-state index in [9.17, 15) is 0 Å². The van der Waals surface area contributed by atoms with Crippen LogP contribution in [-0.2, 0) is 19.4 Å². The smallest absolute Gasteiger partial charge is 0.136 e. The van der Waals surface area contributed by atoms with Crippen LogP contribution in [-0.4, -0.2) is 21.3 Å². The molecule has 0 atom stereocenters. The number of hydrogen-bond donors (Lipinski definition) is 2. The number of aliphatic hydroxyl groups excluding tert-OH is 1. The molecule has 0 fully saturated rings. The van der Waals surface area contributed by atoms with Crippen LogP contribution < -0.4 is 5.49 Å². The molecule has 0 saturated carbocycles. The molecule has 2 heterocycles. The summed E-state index contributed by atoms with van der Waals surface area (Å²) in [6, 6.07) is 0. The van der Waals surface area contributed by atoms with E-state index in [1.165, 1.54) is 23.3 Å². The van der Waals surface area contributed by atoms with Crippen molar-refractivity contribution in [1.82, 2.24) is 9.55 Å². The third kappa shape index (κ3) is 1.70. The lowest BCUT2D eigenvalue weighted by molar-refractivity contribution is 0.273. The lowest BCUT2D eigenvalue weighted by Gasteiger charge is -2.11. The Morgan fingerprint density at radius 3 is 3.06 bits per heavy atom. The molecule has 0 saturated heterocycles. The quantitative estimate of drug-likeness (QED) is 0.846. The summed E-state index contributed by atoms with van der Waals surface area (Å²) < 4.78 is 1.73. The van der Waals surface area contributed by atoms with Crippen LogP contribution in [0, 0.1) is 5.41 Å². The Balaban J connectivity index is 2.27. The van der Waals surface area contributed by atoms with Crippen molar-refractivity contribution in [2.24, 2.45) is 0 Å². The van der Waals surface area contributed by atoms with Gasteiger partial charge in [0.1, 0.15) is 10.3 Å². The Morgan fingerprint density at radius 2 is 2.24 bits per heavy atom. The summed E-state index contributed by atoms with van der Waals surface area (Å²) in [5.74, 6) is 0. The fourth-order valence-electron chi connectivity index (χ4n) is 2.49. The van der Waals surface area contributed by atoms with E-state index in [0.717, 1.165) is 23.1 Å². The van der Waals surface area contributed by atoms with Crippen molar-refractivity contribution in [3.63, 3.8) is 0 Å². The fraction of sp³-hybridized carbons (Fsp3) is 0.500. The number of aryl methyl sites for hydroxylation is 2. The topological polar surface area (TPSA) is 61.9 Å². The summed E-state index contributed by atoms with van der Waals surface area (Å²) in [4.78, 5) is 6.81. The molecule has 0 unspecified atom stereocenters. The van der Waals surface area contributed by atoms with Crippen molar-refractivity contribution in [1.29, 1.82) is 5.41 Å². The number of thiophene rings is 1. The standard InChI is InChI=1S/C12H15N3OS/c13-11-10-8-3-1-2-4-9(8)17-12(10)14-7-15(11)5-6-16/h7,13,16H,1-6H2. The number of nitrogens with one attached hydrogen (secondary N) is 1. The van der Waals surface area contributed by atoms with E-state index < -0.39 is 0 Å². The first-order valence-corrected chi connectivity index (χ1v) is 6.78. The second-order valence-electron chi connectivity index (χ2n) is 4.40. The first-order chi connectivity index (χ1) is 8.31. The Bertz CT molecular complexity index is 614. The number of rotatable bonds is 2. The largest absolute Gasteiger partial charge is 0.395 e. The van der Waals surface area contributed by atoms with E-state index in [0.29, 0.717) is 12.0 Å². The maximum atomic E-state index is 8.98. The Hall–Kier alpha value is -1.20. The maximum absolute atomic E-state index is 8.98. The highest BCUT2D eigenvalue weighted by molar-refractivity contribution is 7.18. The fourth-order valence-corrected chi connectivity index (χ4v) is 3.72. The third-order valence-corrected chi connectivity index (χ3v) is 4.53. The zero-order chi connectivity index (χ0) is 11.8. The number of hydrogen-bond acceptors (Lipinski definition) is 4.